The molecule has 0 heterocycles. The first kappa shape index (κ1) is 24.9. The van der Waals surface area contributed by atoms with Crippen molar-refractivity contribution in [2.24, 2.45) is 0 Å². The number of phenolic OH excluding ortho intramolecular Hbond substituents is 1. The molecule has 0 radical (unpaired) electrons. The Morgan fingerprint density at radius 3 is 2.00 bits per heavy atom. The Morgan fingerprint density at radius 1 is 0.812 bits per heavy atom. The molecule has 32 heavy (non-hydrogen) atoms. The zero-order chi connectivity index (χ0) is 23.3. The number of unbranched alkanes of at least 4 members (excludes halogenated alkanes) is 2. The van der Waals surface area contributed by atoms with Gasteiger partial charge < -0.3 is 21.1 Å². The minimum atomic E-state index is -0.267. The Kier molecular flexibility index (Phi) is 10.2. The Labute approximate surface area is 189 Å². The van der Waals surface area contributed by atoms with Crippen molar-refractivity contribution in [1.82, 2.24) is 5.32 Å². The third-order valence-electron chi connectivity index (χ3n) is 4.98. The van der Waals surface area contributed by atoms with Crippen LogP contribution in [-0.2, 0) is 16.0 Å². The number of hydrogen-bond acceptors (Lipinski definition) is 4. The van der Waals surface area contributed by atoms with Gasteiger partial charge in [0, 0.05) is 24.9 Å². The van der Waals surface area contributed by atoms with Crippen molar-refractivity contribution in [3.05, 3.63) is 53.6 Å². The number of phenols is 1. The lowest BCUT2D eigenvalue weighted by Gasteiger charge is -2.14. The number of hydrogen-bond donors (Lipinski definition) is 4. The van der Waals surface area contributed by atoms with Gasteiger partial charge in [-0.15, -0.1) is 0 Å². The van der Waals surface area contributed by atoms with Crippen molar-refractivity contribution in [1.29, 1.82) is 0 Å². The molecule has 0 aromatic heterocycles. The molecule has 0 atom stereocenters. The zero-order valence-corrected chi connectivity index (χ0v) is 18.9. The van der Waals surface area contributed by atoms with Crippen LogP contribution >= 0.6 is 0 Å². The summed E-state index contributed by atoms with van der Waals surface area (Å²) in [7, 11) is 0. The number of amides is 3. The first-order valence-electron chi connectivity index (χ1n) is 11.2. The van der Waals surface area contributed by atoms with Gasteiger partial charge in [-0.25, -0.2) is 0 Å². The first-order chi connectivity index (χ1) is 15.4. The molecule has 0 saturated heterocycles. The van der Waals surface area contributed by atoms with E-state index in [-0.39, 0.29) is 23.5 Å². The number of aromatic hydroxyl groups is 1. The van der Waals surface area contributed by atoms with E-state index < -0.39 is 0 Å². The van der Waals surface area contributed by atoms with Gasteiger partial charge in [0.2, 0.25) is 11.8 Å². The van der Waals surface area contributed by atoms with Crippen molar-refractivity contribution >= 4 is 29.1 Å². The standard InChI is InChI=1S/C25H33N3O4/c1-3-5-7-23(30)27-21-14-11-19(17-22(21)28-24(31)8-6-4-2)25(32)26-16-15-18-9-12-20(29)13-10-18/h9-14,17,29H,3-8,15-16H2,1-2H3,(H,26,32)(H,27,30)(H,28,31). The monoisotopic (exact) mass is 439 g/mol. The van der Waals surface area contributed by atoms with E-state index in [1.807, 2.05) is 13.8 Å². The maximum Gasteiger partial charge on any atom is 0.251 e. The Morgan fingerprint density at radius 2 is 1.41 bits per heavy atom. The predicted molar refractivity (Wildman–Crippen MR) is 127 cm³/mol. The predicted octanol–water partition coefficient (Wildman–Crippen LogP) is 4.62. The number of carbonyl (C=O) groups excluding carboxylic acids is 3. The number of benzene rings is 2. The summed E-state index contributed by atoms with van der Waals surface area (Å²) < 4.78 is 0. The van der Waals surface area contributed by atoms with Crippen LogP contribution in [0, 0.1) is 0 Å². The molecule has 172 valence electrons. The maximum absolute atomic E-state index is 12.6. The molecule has 0 aliphatic rings. The summed E-state index contributed by atoms with van der Waals surface area (Å²) in [6, 6.07) is 11.7. The van der Waals surface area contributed by atoms with Crippen LogP contribution in [0.4, 0.5) is 11.4 Å². The third-order valence-corrected chi connectivity index (χ3v) is 4.98. The molecule has 7 nitrogen and oxygen atoms in total. The largest absolute Gasteiger partial charge is 0.508 e. The summed E-state index contributed by atoms with van der Waals surface area (Å²) in [5, 5.41) is 17.9. The minimum Gasteiger partial charge on any atom is -0.508 e. The average molecular weight is 440 g/mol. The molecular formula is C25H33N3O4. The normalized spacial score (nSPS) is 10.4. The highest BCUT2D eigenvalue weighted by Gasteiger charge is 2.14. The van der Waals surface area contributed by atoms with Crippen LogP contribution in [0.1, 0.15) is 68.3 Å². The van der Waals surface area contributed by atoms with Gasteiger partial charge in [0.25, 0.3) is 5.91 Å². The van der Waals surface area contributed by atoms with E-state index in [0.29, 0.717) is 42.7 Å². The summed E-state index contributed by atoms with van der Waals surface area (Å²) in [5.41, 5.74) is 2.30. The second kappa shape index (κ2) is 13.1. The van der Waals surface area contributed by atoms with Crippen molar-refractivity contribution in [3.63, 3.8) is 0 Å². The quantitative estimate of drug-likeness (QED) is 0.387. The van der Waals surface area contributed by atoms with Crippen LogP contribution in [0.15, 0.2) is 42.5 Å². The molecule has 0 unspecified atom stereocenters. The fraction of sp³-hybridized carbons (Fsp3) is 0.400. The fourth-order valence-corrected chi connectivity index (χ4v) is 3.08. The Hall–Kier alpha value is -3.35. The topological polar surface area (TPSA) is 108 Å². The van der Waals surface area contributed by atoms with Crippen LogP contribution in [0.25, 0.3) is 0 Å². The summed E-state index contributed by atoms with van der Waals surface area (Å²) in [6.45, 7) is 4.45. The van der Waals surface area contributed by atoms with Crippen LogP contribution < -0.4 is 16.0 Å². The van der Waals surface area contributed by atoms with Crippen LogP contribution in [0.2, 0.25) is 0 Å². The van der Waals surface area contributed by atoms with Gasteiger partial charge in [-0.1, -0.05) is 38.8 Å². The smallest absolute Gasteiger partial charge is 0.251 e. The molecule has 0 aliphatic heterocycles. The summed E-state index contributed by atoms with van der Waals surface area (Å²) in [5.74, 6) is -0.340. The molecule has 0 saturated carbocycles. The van der Waals surface area contributed by atoms with Crippen molar-refractivity contribution in [2.45, 2.75) is 58.8 Å². The molecule has 2 rings (SSSR count). The lowest BCUT2D eigenvalue weighted by molar-refractivity contribution is -0.117. The maximum atomic E-state index is 12.6. The van der Waals surface area contributed by atoms with E-state index >= 15 is 0 Å². The molecule has 0 bridgehead atoms. The molecule has 0 spiro atoms. The van der Waals surface area contributed by atoms with E-state index in [9.17, 15) is 19.5 Å². The lowest BCUT2D eigenvalue weighted by Crippen LogP contribution is -2.26. The summed E-state index contributed by atoms with van der Waals surface area (Å²) in [6.07, 6.45) is 4.77. The van der Waals surface area contributed by atoms with Crippen molar-refractivity contribution < 1.29 is 19.5 Å². The highest BCUT2D eigenvalue weighted by atomic mass is 16.3. The van der Waals surface area contributed by atoms with Gasteiger partial charge >= 0.3 is 0 Å². The molecule has 0 aliphatic carbocycles. The molecule has 2 aromatic carbocycles. The van der Waals surface area contributed by atoms with Gasteiger partial charge in [0.15, 0.2) is 0 Å². The lowest BCUT2D eigenvalue weighted by atomic mass is 10.1. The Bertz CT molecular complexity index is 910. The van der Waals surface area contributed by atoms with Crippen LogP contribution in [0.5, 0.6) is 5.75 Å². The molecule has 2 aromatic rings. The minimum absolute atomic E-state index is 0.123. The van der Waals surface area contributed by atoms with E-state index in [4.69, 9.17) is 0 Å². The highest BCUT2D eigenvalue weighted by molar-refractivity contribution is 6.02. The average Bonchev–Trinajstić information content (AvgIpc) is 2.78. The fourth-order valence-electron chi connectivity index (χ4n) is 3.08. The third kappa shape index (κ3) is 8.41. The van der Waals surface area contributed by atoms with Crippen molar-refractivity contribution in [2.75, 3.05) is 17.2 Å². The van der Waals surface area contributed by atoms with Gasteiger partial charge in [-0.2, -0.15) is 0 Å². The van der Waals surface area contributed by atoms with Crippen molar-refractivity contribution in [3.8, 4) is 5.75 Å². The second-order valence-electron chi connectivity index (χ2n) is 7.74. The van der Waals surface area contributed by atoms with E-state index in [1.165, 1.54) is 0 Å². The second-order valence-corrected chi connectivity index (χ2v) is 7.74. The SMILES string of the molecule is CCCCC(=O)Nc1ccc(C(=O)NCCc2ccc(O)cc2)cc1NC(=O)CCCC. The van der Waals surface area contributed by atoms with E-state index in [2.05, 4.69) is 16.0 Å². The zero-order valence-electron chi connectivity index (χ0n) is 18.9. The first-order valence-corrected chi connectivity index (χ1v) is 11.2. The van der Waals surface area contributed by atoms with E-state index in [1.54, 1.807) is 42.5 Å². The van der Waals surface area contributed by atoms with Gasteiger partial charge in [0.05, 0.1) is 11.4 Å². The molecule has 3 amide bonds. The number of carbonyl (C=O) groups is 3. The molecule has 0 fully saturated rings. The molecule has 4 N–H and O–H groups in total. The van der Waals surface area contributed by atoms with Crippen LogP contribution in [0.3, 0.4) is 0 Å². The van der Waals surface area contributed by atoms with Crippen LogP contribution in [-0.4, -0.2) is 29.4 Å². The van der Waals surface area contributed by atoms with E-state index in [0.717, 1.165) is 31.2 Å². The Balaban J connectivity index is 2.07. The van der Waals surface area contributed by atoms with Gasteiger partial charge in [-0.3, -0.25) is 14.4 Å². The molecule has 7 heteroatoms. The van der Waals surface area contributed by atoms with Gasteiger partial charge in [-0.05, 0) is 55.2 Å². The number of rotatable bonds is 12. The molecular weight excluding hydrogens is 406 g/mol. The summed E-state index contributed by atoms with van der Waals surface area (Å²) >= 11 is 0. The highest BCUT2D eigenvalue weighted by Crippen LogP contribution is 2.24. The number of nitrogens with one attached hydrogen (secondary N) is 3. The summed E-state index contributed by atoms with van der Waals surface area (Å²) in [4.78, 5) is 37.1. The number of anilines is 2. The van der Waals surface area contributed by atoms with Gasteiger partial charge in [0.1, 0.15) is 5.75 Å².